The van der Waals surface area contributed by atoms with Gasteiger partial charge in [0.25, 0.3) is 0 Å². The first-order valence-corrected chi connectivity index (χ1v) is 9.21. The van der Waals surface area contributed by atoms with Crippen molar-refractivity contribution in [3.63, 3.8) is 0 Å². The number of anilines is 1. The van der Waals surface area contributed by atoms with Gasteiger partial charge in [-0.2, -0.15) is 0 Å². The molecule has 1 aromatic rings. The van der Waals surface area contributed by atoms with Crippen LogP contribution in [-0.4, -0.2) is 50.3 Å². The minimum atomic E-state index is 0.113. The molecule has 2 fully saturated rings. The highest BCUT2D eigenvalue weighted by atomic mass is 16.5. The molecule has 5 nitrogen and oxygen atoms in total. The van der Waals surface area contributed by atoms with Crippen molar-refractivity contribution in [2.24, 2.45) is 0 Å². The fourth-order valence-electron chi connectivity index (χ4n) is 3.73. The largest absolute Gasteiger partial charge is 0.495 e. The fraction of sp³-hybridized carbons (Fsp3) is 0.632. The van der Waals surface area contributed by atoms with Gasteiger partial charge in [0, 0.05) is 32.2 Å². The number of carbonyl (C=O) groups excluding carboxylic acids is 1. The van der Waals surface area contributed by atoms with Gasteiger partial charge in [-0.15, -0.1) is 0 Å². The van der Waals surface area contributed by atoms with E-state index in [1.54, 1.807) is 7.11 Å². The Bertz CT molecular complexity index is 533. The second-order valence-electron chi connectivity index (χ2n) is 6.78. The zero-order chi connectivity index (χ0) is 16.8. The smallest absolute Gasteiger partial charge is 0.317 e. The summed E-state index contributed by atoms with van der Waals surface area (Å²) in [5.41, 5.74) is 1.11. The topological polar surface area (TPSA) is 44.8 Å². The predicted octanol–water partition coefficient (Wildman–Crippen LogP) is 3.25. The number of amides is 2. The van der Waals surface area contributed by atoms with Crippen molar-refractivity contribution in [2.45, 2.75) is 44.6 Å². The highest BCUT2D eigenvalue weighted by Crippen LogP contribution is 2.28. The molecule has 2 aliphatic rings. The van der Waals surface area contributed by atoms with Crippen LogP contribution in [0.15, 0.2) is 24.3 Å². The number of benzene rings is 1. The summed E-state index contributed by atoms with van der Waals surface area (Å²) in [7, 11) is 1.70. The number of rotatable bonds is 3. The normalized spacial score (nSPS) is 19.7. The molecule has 0 bridgehead atoms. The maximum Gasteiger partial charge on any atom is 0.317 e. The van der Waals surface area contributed by atoms with Crippen molar-refractivity contribution in [3.8, 4) is 5.75 Å². The molecule has 1 saturated heterocycles. The highest BCUT2D eigenvalue weighted by Gasteiger charge is 2.24. The van der Waals surface area contributed by atoms with Gasteiger partial charge in [-0.3, -0.25) is 0 Å². The molecule has 1 heterocycles. The van der Waals surface area contributed by atoms with E-state index >= 15 is 0 Å². The predicted molar refractivity (Wildman–Crippen MR) is 96.8 cm³/mol. The molecule has 1 aliphatic heterocycles. The number of para-hydroxylation sites is 2. The first-order valence-electron chi connectivity index (χ1n) is 9.21. The van der Waals surface area contributed by atoms with Crippen LogP contribution in [0.1, 0.15) is 38.5 Å². The van der Waals surface area contributed by atoms with E-state index in [0.717, 1.165) is 50.5 Å². The first kappa shape index (κ1) is 16.9. The molecule has 1 aliphatic carbocycles. The summed E-state index contributed by atoms with van der Waals surface area (Å²) in [5.74, 6) is 0.897. The molecule has 5 heteroatoms. The minimum Gasteiger partial charge on any atom is -0.495 e. The van der Waals surface area contributed by atoms with Gasteiger partial charge in [-0.1, -0.05) is 37.8 Å². The number of urea groups is 1. The molecule has 1 saturated carbocycles. The van der Waals surface area contributed by atoms with E-state index < -0.39 is 0 Å². The first-order chi connectivity index (χ1) is 11.8. The quantitative estimate of drug-likeness (QED) is 0.865. The fourth-order valence-corrected chi connectivity index (χ4v) is 3.73. The summed E-state index contributed by atoms with van der Waals surface area (Å²) in [6.45, 7) is 3.21. The number of nitrogens with zero attached hydrogens (tertiary/aromatic N) is 2. The zero-order valence-corrected chi connectivity index (χ0v) is 14.7. The van der Waals surface area contributed by atoms with E-state index in [-0.39, 0.29) is 6.03 Å². The van der Waals surface area contributed by atoms with Crippen LogP contribution in [0.25, 0.3) is 0 Å². The van der Waals surface area contributed by atoms with Crippen LogP contribution in [0, 0.1) is 0 Å². The van der Waals surface area contributed by atoms with E-state index in [2.05, 4.69) is 16.3 Å². The van der Waals surface area contributed by atoms with E-state index in [1.807, 2.05) is 23.1 Å². The maximum absolute atomic E-state index is 12.5. The van der Waals surface area contributed by atoms with Crippen molar-refractivity contribution in [3.05, 3.63) is 24.3 Å². The molecule has 132 valence electrons. The number of hydrogen-bond donors (Lipinski definition) is 1. The Labute approximate surface area is 145 Å². The Morgan fingerprint density at radius 3 is 2.38 bits per heavy atom. The lowest BCUT2D eigenvalue weighted by molar-refractivity contribution is 0.189. The molecule has 24 heavy (non-hydrogen) atoms. The van der Waals surface area contributed by atoms with Gasteiger partial charge in [0.2, 0.25) is 0 Å². The summed E-state index contributed by atoms with van der Waals surface area (Å²) in [5, 5.41) is 3.25. The molecular weight excluding hydrogens is 302 g/mol. The molecule has 0 unspecified atom stereocenters. The van der Waals surface area contributed by atoms with Gasteiger partial charge in [-0.05, 0) is 25.0 Å². The Kier molecular flexibility index (Phi) is 5.83. The van der Waals surface area contributed by atoms with Crippen LogP contribution in [0.3, 0.4) is 0 Å². The van der Waals surface area contributed by atoms with Crippen LogP contribution in [-0.2, 0) is 0 Å². The van der Waals surface area contributed by atoms with Crippen LogP contribution in [0.4, 0.5) is 10.5 Å². The minimum absolute atomic E-state index is 0.113. The molecule has 0 atom stereocenters. The molecule has 1 N–H and O–H groups in total. The molecule has 0 radical (unpaired) electrons. The molecule has 0 spiro atoms. The lowest BCUT2D eigenvalue weighted by Gasteiger charge is -2.37. The van der Waals surface area contributed by atoms with Gasteiger partial charge in [-0.25, -0.2) is 4.79 Å². The monoisotopic (exact) mass is 331 g/mol. The molecule has 1 aromatic carbocycles. The van der Waals surface area contributed by atoms with Crippen LogP contribution < -0.4 is 15.0 Å². The molecule has 2 amide bonds. The third-order valence-electron chi connectivity index (χ3n) is 5.18. The molecular formula is C19H29N3O2. The van der Waals surface area contributed by atoms with E-state index in [0.29, 0.717) is 6.04 Å². The van der Waals surface area contributed by atoms with Crippen molar-refractivity contribution in [1.82, 2.24) is 10.2 Å². The summed E-state index contributed by atoms with van der Waals surface area (Å²) < 4.78 is 5.45. The maximum atomic E-state index is 12.5. The number of carbonyl (C=O) groups is 1. The summed E-state index contributed by atoms with van der Waals surface area (Å²) in [6, 6.07) is 8.57. The van der Waals surface area contributed by atoms with Gasteiger partial charge in [0.1, 0.15) is 5.75 Å². The number of hydrogen-bond acceptors (Lipinski definition) is 3. The second-order valence-corrected chi connectivity index (χ2v) is 6.78. The van der Waals surface area contributed by atoms with E-state index in [4.69, 9.17) is 4.74 Å². The Morgan fingerprint density at radius 2 is 1.71 bits per heavy atom. The van der Waals surface area contributed by atoms with Gasteiger partial charge >= 0.3 is 6.03 Å². The SMILES string of the molecule is COc1ccccc1N1CCN(C(=O)NC2CCCCCC2)CC1. The number of nitrogens with one attached hydrogen (secondary N) is 1. The van der Waals surface area contributed by atoms with Crippen molar-refractivity contribution in [1.29, 1.82) is 0 Å². The number of methoxy groups -OCH3 is 1. The Hall–Kier alpha value is -1.91. The third kappa shape index (κ3) is 4.13. The van der Waals surface area contributed by atoms with Crippen molar-refractivity contribution in [2.75, 3.05) is 38.2 Å². The van der Waals surface area contributed by atoms with Crippen LogP contribution in [0.2, 0.25) is 0 Å². The third-order valence-corrected chi connectivity index (χ3v) is 5.18. The van der Waals surface area contributed by atoms with Crippen LogP contribution in [0.5, 0.6) is 5.75 Å². The second kappa shape index (κ2) is 8.27. The highest BCUT2D eigenvalue weighted by molar-refractivity contribution is 5.75. The number of ether oxygens (including phenoxy) is 1. The number of piperazine rings is 1. The average Bonchev–Trinajstić information content (AvgIpc) is 2.90. The summed E-state index contributed by atoms with van der Waals surface area (Å²) in [4.78, 5) is 16.8. The van der Waals surface area contributed by atoms with Gasteiger partial charge in [0.05, 0.1) is 12.8 Å². The average molecular weight is 331 g/mol. The van der Waals surface area contributed by atoms with Crippen molar-refractivity contribution < 1.29 is 9.53 Å². The van der Waals surface area contributed by atoms with Crippen molar-refractivity contribution >= 4 is 11.7 Å². The lowest BCUT2D eigenvalue weighted by atomic mass is 10.1. The zero-order valence-electron chi connectivity index (χ0n) is 14.7. The standard InChI is InChI=1S/C19H29N3O2/c1-24-18-11-7-6-10-17(18)21-12-14-22(15-13-21)19(23)20-16-8-4-2-3-5-9-16/h6-7,10-11,16H,2-5,8-9,12-15H2,1H3,(H,20,23). The molecule has 0 aromatic heterocycles. The Morgan fingerprint density at radius 1 is 1.04 bits per heavy atom. The van der Waals surface area contributed by atoms with E-state index in [1.165, 1.54) is 25.7 Å². The summed E-state index contributed by atoms with van der Waals surface area (Å²) in [6.07, 6.45) is 7.37. The lowest BCUT2D eigenvalue weighted by Crippen LogP contribution is -2.53. The summed E-state index contributed by atoms with van der Waals surface area (Å²) >= 11 is 0. The van der Waals surface area contributed by atoms with E-state index in [9.17, 15) is 4.79 Å². The van der Waals surface area contributed by atoms with Gasteiger partial charge in [0.15, 0.2) is 0 Å². The Balaban J connectivity index is 1.51. The van der Waals surface area contributed by atoms with Crippen LogP contribution >= 0.6 is 0 Å². The van der Waals surface area contributed by atoms with Gasteiger partial charge < -0.3 is 19.9 Å². The molecule has 3 rings (SSSR count).